The highest BCUT2D eigenvalue weighted by molar-refractivity contribution is 9.10. The molecular weight excluding hydrogens is 686 g/mol. The van der Waals surface area contributed by atoms with Crippen LogP contribution in [0, 0.1) is 5.92 Å². The topological polar surface area (TPSA) is 97.4 Å². The first-order chi connectivity index (χ1) is 22.0. The van der Waals surface area contributed by atoms with Gasteiger partial charge in [-0.3, -0.25) is 4.79 Å². The summed E-state index contributed by atoms with van der Waals surface area (Å²) in [5, 5.41) is 3.58. The summed E-state index contributed by atoms with van der Waals surface area (Å²) in [6, 6.07) is 20.4. The molecule has 0 aromatic heterocycles. The van der Waals surface area contributed by atoms with Crippen molar-refractivity contribution in [2.24, 2.45) is 5.92 Å². The first kappa shape index (κ1) is 36.1. The van der Waals surface area contributed by atoms with Crippen molar-refractivity contribution in [3.05, 3.63) is 98.5 Å². The van der Waals surface area contributed by atoms with E-state index in [1.807, 2.05) is 84.0 Å². The molecule has 1 heterocycles. The lowest BCUT2D eigenvalue weighted by Gasteiger charge is -2.42. The van der Waals surface area contributed by atoms with E-state index < -0.39 is 17.3 Å². The number of hydrogen-bond acceptors (Lipinski definition) is 6. The van der Waals surface area contributed by atoms with E-state index in [4.69, 9.17) is 25.8 Å². The Morgan fingerprint density at radius 1 is 0.915 bits per heavy atom. The fraction of sp³-hybridized carbons (Fsp3) is 0.417. The van der Waals surface area contributed by atoms with Crippen LogP contribution in [0.3, 0.4) is 0 Å². The number of carbonyl (C=O) groups excluding carboxylic acids is 3. The zero-order valence-electron chi connectivity index (χ0n) is 27.8. The quantitative estimate of drug-likeness (QED) is 0.226. The van der Waals surface area contributed by atoms with Crippen LogP contribution in [-0.4, -0.2) is 58.7 Å². The Morgan fingerprint density at radius 2 is 1.60 bits per heavy atom. The lowest BCUT2D eigenvalue weighted by Crippen LogP contribution is -2.55. The normalized spacial score (nSPS) is 13.4. The van der Waals surface area contributed by atoms with Crippen LogP contribution in [0.25, 0.3) is 0 Å². The van der Waals surface area contributed by atoms with Crippen molar-refractivity contribution in [1.82, 2.24) is 15.1 Å². The minimum Gasteiger partial charge on any atom is -0.489 e. The van der Waals surface area contributed by atoms with Crippen molar-refractivity contribution in [1.29, 1.82) is 0 Å². The predicted octanol–water partition coefficient (Wildman–Crippen LogP) is 8.22. The average molecular weight is 729 g/mol. The van der Waals surface area contributed by atoms with Crippen LogP contribution < -0.4 is 10.1 Å². The molecule has 0 unspecified atom stereocenters. The lowest BCUT2D eigenvalue weighted by atomic mass is 9.99. The van der Waals surface area contributed by atoms with E-state index in [1.165, 1.54) is 0 Å². The molecule has 0 saturated carbocycles. The van der Waals surface area contributed by atoms with Crippen LogP contribution in [0.2, 0.25) is 5.02 Å². The smallest absolute Gasteiger partial charge is 0.410 e. The minimum absolute atomic E-state index is 0.0327. The van der Waals surface area contributed by atoms with Gasteiger partial charge in [-0.05, 0) is 83.0 Å². The molecule has 3 aromatic carbocycles. The van der Waals surface area contributed by atoms with Gasteiger partial charge in [0.05, 0.1) is 0 Å². The van der Waals surface area contributed by atoms with Crippen LogP contribution in [0.5, 0.6) is 5.75 Å². The van der Waals surface area contributed by atoms with E-state index in [9.17, 15) is 14.4 Å². The van der Waals surface area contributed by atoms with Gasteiger partial charge >= 0.3 is 12.2 Å². The molecule has 1 saturated heterocycles. The number of nitrogens with zero attached hydrogens (tertiary/aromatic N) is 2. The zero-order chi connectivity index (χ0) is 34.4. The summed E-state index contributed by atoms with van der Waals surface area (Å²) in [6.07, 6.45) is -0.861. The summed E-state index contributed by atoms with van der Waals surface area (Å²) in [6.45, 7) is 13.0. The molecule has 11 heteroatoms. The van der Waals surface area contributed by atoms with Gasteiger partial charge in [-0.2, -0.15) is 0 Å². The lowest BCUT2D eigenvalue weighted by molar-refractivity contribution is -0.0123. The Balaban J connectivity index is 1.55. The molecule has 0 spiro atoms. The monoisotopic (exact) mass is 727 g/mol. The molecule has 0 atom stereocenters. The van der Waals surface area contributed by atoms with Gasteiger partial charge in [0.25, 0.3) is 5.91 Å². The average Bonchev–Trinajstić information content (AvgIpc) is 2.95. The minimum atomic E-state index is -0.711. The van der Waals surface area contributed by atoms with Crippen LogP contribution in [0.4, 0.5) is 9.59 Å². The largest absolute Gasteiger partial charge is 0.489 e. The van der Waals surface area contributed by atoms with Gasteiger partial charge in [0.2, 0.25) is 0 Å². The highest BCUT2D eigenvalue weighted by Gasteiger charge is 2.36. The second kappa shape index (κ2) is 15.4. The summed E-state index contributed by atoms with van der Waals surface area (Å²) < 4.78 is 18.2. The van der Waals surface area contributed by atoms with Crippen LogP contribution >= 0.6 is 27.5 Å². The number of amides is 3. The maximum Gasteiger partial charge on any atom is 0.410 e. The molecule has 1 aliphatic rings. The van der Waals surface area contributed by atoms with E-state index >= 15 is 0 Å². The SMILES string of the molecule is CC(C)(C)OC(=O)N(Cc1cc(OCc2ccc(Cl)cc2Br)cc(C(=O)NCc2ccccc2)c1)CC1CN(C(=O)OC(C)(C)C)C1. The third-order valence-corrected chi connectivity index (χ3v) is 8.02. The third-order valence-electron chi connectivity index (χ3n) is 7.05. The zero-order valence-corrected chi connectivity index (χ0v) is 30.1. The van der Waals surface area contributed by atoms with Gasteiger partial charge in [-0.25, -0.2) is 9.59 Å². The first-order valence-electron chi connectivity index (χ1n) is 15.5. The fourth-order valence-electron chi connectivity index (χ4n) is 4.87. The Kier molecular flexibility index (Phi) is 11.8. The number of halogens is 2. The van der Waals surface area contributed by atoms with Crippen molar-refractivity contribution in [3.8, 4) is 5.75 Å². The Hall–Kier alpha value is -3.76. The van der Waals surface area contributed by atoms with Crippen molar-refractivity contribution in [3.63, 3.8) is 0 Å². The van der Waals surface area contributed by atoms with Gasteiger partial charge in [-0.15, -0.1) is 0 Å². The fourth-order valence-corrected chi connectivity index (χ4v) is 5.67. The number of benzene rings is 3. The van der Waals surface area contributed by atoms with E-state index in [0.29, 0.717) is 48.1 Å². The van der Waals surface area contributed by atoms with E-state index in [2.05, 4.69) is 21.2 Å². The predicted molar refractivity (Wildman–Crippen MR) is 185 cm³/mol. The van der Waals surface area contributed by atoms with Crippen molar-refractivity contribution >= 4 is 45.6 Å². The van der Waals surface area contributed by atoms with Crippen LogP contribution in [0.15, 0.2) is 71.2 Å². The van der Waals surface area contributed by atoms with Crippen molar-refractivity contribution < 1.29 is 28.6 Å². The first-order valence-corrected chi connectivity index (χ1v) is 16.7. The molecule has 0 radical (unpaired) electrons. The summed E-state index contributed by atoms with van der Waals surface area (Å²) >= 11 is 9.65. The van der Waals surface area contributed by atoms with Crippen LogP contribution in [0.1, 0.15) is 68.6 Å². The molecule has 0 aliphatic carbocycles. The standard InChI is InChI=1S/C36H43BrClN3O6/c1-35(2,3)46-33(43)40(20-26-21-41(22-26)34(44)47-36(4,5)6)19-25-14-28(32(42)39-18-24-10-8-7-9-11-24)16-30(15-25)45-23-27-12-13-29(38)17-31(27)37/h7-17,26H,18-23H2,1-6H3,(H,39,42). The number of hydrogen-bond donors (Lipinski definition) is 1. The molecule has 1 aliphatic heterocycles. The molecule has 1 N–H and O–H groups in total. The molecule has 47 heavy (non-hydrogen) atoms. The number of ether oxygens (including phenoxy) is 3. The summed E-state index contributed by atoms with van der Waals surface area (Å²) in [5.41, 5.74) is 1.63. The van der Waals surface area contributed by atoms with E-state index in [-0.39, 0.29) is 31.1 Å². The molecule has 9 nitrogen and oxygen atoms in total. The molecule has 4 rings (SSSR count). The van der Waals surface area contributed by atoms with Gasteiger partial charge in [0.15, 0.2) is 0 Å². The Morgan fingerprint density at radius 3 is 2.23 bits per heavy atom. The molecule has 0 bridgehead atoms. The summed E-state index contributed by atoms with van der Waals surface area (Å²) in [7, 11) is 0. The molecule has 3 amide bonds. The number of nitrogens with one attached hydrogen (secondary N) is 1. The second-order valence-corrected chi connectivity index (χ2v) is 15.0. The van der Waals surface area contributed by atoms with Gasteiger partial charge in [0.1, 0.15) is 23.6 Å². The van der Waals surface area contributed by atoms with Crippen LogP contribution in [-0.2, 0) is 29.2 Å². The molecule has 1 fully saturated rings. The van der Waals surface area contributed by atoms with E-state index in [0.717, 1.165) is 15.6 Å². The molecule has 3 aromatic rings. The summed E-state index contributed by atoms with van der Waals surface area (Å²) in [5.74, 6) is 0.229. The second-order valence-electron chi connectivity index (χ2n) is 13.7. The van der Waals surface area contributed by atoms with Gasteiger partial charge < -0.3 is 29.3 Å². The van der Waals surface area contributed by atoms with Gasteiger partial charge in [-0.1, -0.05) is 63.9 Å². The highest BCUT2D eigenvalue weighted by atomic mass is 79.9. The van der Waals surface area contributed by atoms with E-state index in [1.54, 1.807) is 34.1 Å². The number of likely N-dealkylation sites (tertiary alicyclic amines) is 1. The van der Waals surface area contributed by atoms with Crippen molar-refractivity contribution in [2.45, 2.75) is 72.4 Å². The van der Waals surface area contributed by atoms with Gasteiger partial charge in [0, 0.05) is 59.3 Å². The maximum absolute atomic E-state index is 13.5. The Bertz CT molecular complexity index is 1570. The summed E-state index contributed by atoms with van der Waals surface area (Å²) in [4.78, 5) is 42.6. The highest BCUT2D eigenvalue weighted by Crippen LogP contribution is 2.27. The third kappa shape index (κ3) is 11.5. The molecular formula is C36H43BrClN3O6. The number of rotatable bonds is 10. The Labute approximate surface area is 290 Å². The maximum atomic E-state index is 13.5. The van der Waals surface area contributed by atoms with Crippen molar-refractivity contribution in [2.75, 3.05) is 19.6 Å². The molecule has 252 valence electrons. The number of carbonyl (C=O) groups is 3.